The number of halogens is 2. The van der Waals surface area contributed by atoms with E-state index in [1.165, 1.54) is 0 Å². The van der Waals surface area contributed by atoms with Crippen molar-refractivity contribution in [2.24, 2.45) is 4.99 Å². The topological polar surface area (TPSA) is 25.2 Å². The van der Waals surface area contributed by atoms with E-state index in [9.17, 15) is 0 Å². The van der Waals surface area contributed by atoms with E-state index in [4.69, 9.17) is 23.2 Å². The van der Waals surface area contributed by atoms with Gasteiger partial charge in [-0.05, 0) is 17.7 Å². The zero-order valence-corrected chi connectivity index (χ0v) is 7.39. The predicted molar refractivity (Wildman–Crippen MR) is 47.8 cm³/mol. The third-order valence-corrected chi connectivity index (χ3v) is 1.45. The van der Waals surface area contributed by atoms with E-state index in [-0.39, 0.29) is 0 Å². The Hall–Kier alpha value is -0.600. The van der Waals surface area contributed by atoms with Crippen LogP contribution in [-0.4, -0.2) is 18.2 Å². The van der Waals surface area contributed by atoms with E-state index in [1.54, 1.807) is 25.4 Å². The van der Waals surface area contributed by atoms with E-state index in [1.807, 2.05) is 0 Å². The number of pyridine rings is 1. The fourth-order valence-corrected chi connectivity index (χ4v) is 1.18. The van der Waals surface area contributed by atoms with Crippen LogP contribution >= 0.6 is 23.2 Å². The number of nitrogens with zero attached hydrogens (tertiary/aromatic N) is 2. The molecule has 0 bridgehead atoms. The molecule has 0 saturated carbocycles. The first-order chi connectivity index (χ1) is 5.22. The van der Waals surface area contributed by atoms with Gasteiger partial charge in [0.2, 0.25) is 0 Å². The summed E-state index contributed by atoms with van der Waals surface area (Å²) in [6, 6.07) is 3.39. The van der Waals surface area contributed by atoms with Crippen molar-refractivity contribution < 1.29 is 0 Å². The van der Waals surface area contributed by atoms with Crippen LogP contribution in [0.3, 0.4) is 0 Å². The van der Waals surface area contributed by atoms with Gasteiger partial charge in [-0.15, -0.1) is 0 Å². The Balaban J connectivity index is 3.08. The SMILES string of the molecule is C/N=C/c1cc(Cl)nc(Cl)c1. The average Bonchev–Trinajstić information content (AvgIpc) is 1.85. The summed E-state index contributed by atoms with van der Waals surface area (Å²) in [4.78, 5) is 7.60. The van der Waals surface area contributed by atoms with Crippen LogP contribution in [0.1, 0.15) is 5.56 Å². The number of rotatable bonds is 1. The smallest absolute Gasteiger partial charge is 0.131 e. The molecule has 1 aromatic rings. The first-order valence-electron chi connectivity index (χ1n) is 2.97. The van der Waals surface area contributed by atoms with E-state index in [2.05, 4.69) is 9.98 Å². The first kappa shape index (κ1) is 8.50. The number of aliphatic imine (C=N–C) groups is 1. The Morgan fingerprint density at radius 1 is 1.36 bits per heavy atom. The summed E-state index contributed by atoms with van der Waals surface area (Å²) >= 11 is 11.3. The Labute approximate surface area is 74.9 Å². The minimum absolute atomic E-state index is 0.382. The minimum Gasteiger partial charge on any atom is -0.296 e. The summed E-state index contributed by atoms with van der Waals surface area (Å²) in [6.07, 6.45) is 1.67. The van der Waals surface area contributed by atoms with Gasteiger partial charge in [-0.3, -0.25) is 4.99 Å². The highest BCUT2D eigenvalue weighted by Gasteiger charge is 1.95. The number of aromatic nitrogens is 1. The molecule has 0 spiro atoms. The number of hydrogen-bond donors (Lipinski definition) is 0. The van der Waals surface area contributed by atoms with Crippen molar-refractivity contribution in [2.75, 3.05) is 7.05 Å². The van der Waals surface area contributed by atoms with Gasteiger partial charge in [-0.1, -0.05) is 23.2 Å². The van der Waals surface area contributed by atoms with Crippen molar-refractivity contribution in [3.05, 3.63) is 28.0 Å². The molecular formula is C7H6Cl2N2. The third-order valence-electron chi connectivity index (χ3n) is 1.06. The second-order valence-electron chi connectivity index (χ2n) is 1.93. The first-order valence-corrected chi connectivity index (χ1v) is 3.73. The van der Waals surface area contributed by atoms with Crippen LogP contribution in [0.4, 0.5) is 0 Å². The van der Waals surface area contributed by atoms with Crippen LogP contribution in [0.2, 0.25) is 10.3 Å². The van der Waals surface area contributed by atoms with Crippen molar-refractivity contribution in [2.45, 2.75) is 0 Å². The lowest BCUT2D eigenvalue weighted by atomic mass is 10.3. The molecule has 0 aliphatic heterocycles. The summed E-state index contributed by atoms with van der Waals surface area (Å²) < 4.78 is 0. The molecule has 58 valence electrons. The van der Waals surface area contributed by atoms with Gasteiger partial charge in [0.25, 0.3) is 0 Å². The molecule has 0 fully saturated rings. The Morgan fingerprint density at radius 2 is 1.91 bits per heavy atom. The molecule has 0 radical (unpaired) electrons. The molecule has 1 heterocycles. The van der Waals surface area contributed by atoms with Gasteiger partial charge in [0.1, 0.15) is 10.3 Å². The van der Waals surface area contributed by atoms with Crippen molar-refractivity contribution >= 4 is 29.4 Å². The van der Waals surface area contributed by atoms with Crippen LogP contribution < -0.4 is 0 Å². The average molecular weight is 189 g/mol. The summed E-state index contributed by atoms with van der Waals surface area (Å²) in [7, 11) is 1.68. The van der Waals surface area contributed by atoms with E-state index >= 15 is 0 Å². The Bertz CT molecular complexity index is 264. The summed E-state index contributed by atoms with van der Waals surface area (Å²) in [5.74, 6) is 0. The second kappa shape index (κ2) is 3.69. The molecule has 0 saturated heterocycles. The largest absolute Gasteiger partial charge is 0.296 e. The van der Waals surface area contributed by atoms with Gasteiger partial charge in [0.05, 0.1) is 0 Å². The normalized spacial score (nSPS) is 10.8. The third kappa shape index (κ3) is 2.48. The van der Waals surface area contributed by atoms with Crippen LogP contribution in [0, 0.1) is 0 Å². The van der Waals surface area contributed by atoms with Crippen molar-refractivity contribution in [3.8, 4) is 0 Å². The lowest BCUT2D eigenvalue weighted by Gasteiger charge is -1.94. The molecule has 1 aromatic heterocycles. The van der Waals surface area contributed by atoms with Crippen molar-refractivity contribution in [3.63, 3.8) is 0 Å². The fraction of sp³-hybridized carbons (Fsp3) is 0.143. The van der Waals surface area contributed by atoms with Gasteiger partial charge in [0.15, 0.2) is 0 Å². The maximum absolute atomic E-state index is 5.63. The van der Waals surface area contributed by atoms with Gasteiger partial charge in [-0.25, -0.2) is 4.98 Å². The maximum atomic E-state index is 5.63. The highest BCUT2D eigenvalue weighted by atomic mass is 35.5. The molecule has 2 nitrogen and oxygen atoms in total. The molecule has 0 atom stereocenters. The fourth-order valence-electron chi connectivity index (χ4n) is 0.707. The summed E-state index contributed by atoms with van der Waals surface area (Å²) in [5.41, 5.74) is 0.859. The van der Waals surface area contributed by atoms with Gasteiger partial charge in [0, 0.05) is 13.3 Å². The van der Waals surface area contributed by atoms with Crippen molar-refractivity contribution in [1.29, 1.82) is 0 Å². The molecule has 0 aromatic carbocycles. The van der Waals surface area contributed by atoms with Crippen LogP contribution in [-0.2, 0) is 0 Å². The lowest BCUT2D eigenvalue weighted by molar-refractivity contribution is 1.32. The lowest BCUT2D eigenvalue weighted by Crippen LogP contribution is -1.84. The predicted octanol–water partition coefficient (Wildman–Crippen LogP) is 2.44. The molecule has 1 rings (SSSR count). The molecular weight excluding hydrogens is 183 g/mol. The minimum atomic E-state index is 0.382. The molecule has 0 unspecified atom stereocenters. The highest BCUT2D eigenvalue weighted by Crippen LogP contribution is 2.12. The monoisotopic (exact) mass is 188 g/mol. The van der Waals surface area contributed by atoms with Crippen LogP contribution in [0.15, 0.2) is 17.1 Å². The van der Waals surface area contributed by atoms with E-state index in [0.29, 0.717) is 10.3 Å². The Morgan fingerprint density at radius 3 is 2.36 bits per heavy atom. The second-order valence-corrected chi connectivity index (χ2v) is 2.71. The molecule has 0 aliphatic rings. The quantitative estimate of drug-likeness (QED) is 0.492. The van der Waals surface area contributed by atoms with Gasteiger partial charge < -0.3 is 0 Å². The molecule has 0 aliphatic carbocycles. The zero-order valence-electron chi connectivity index (χ0n) is 5.88. The summed E-state index contributed by atoms with van der Waals surface area (Å²) in [5, 5.41) is 0.764. The zero-order chi connectivity index (χ0) is 8.27. The Kier molecular flexibility index (Phi) is 2.85. The molecule has 11 heavy (non-hydrogen) atoms. The van der Waals surface area contributed by atoms with Crippen molar-refractivity contribution in [1.82, 2.24) is 4.98 Å². The van der Waals surface area contributed by atoms with E-state index in [0.717, 1.165) is 5.56 Å². The maximum Gasteiger partial charge on any atom is 0.131 e. The van der Waals surface area contributed by atoms with E-state index < -0.39 is 0 Å². The molecule has 0 N–H and O–H groups in total. The molecule has 0 amide bonds. The molecule has 4 heteroatoms. The van der Waals surface area contributed by atoms with Crippen LogP contribution in [0.5, 0.6) is 0 Å². The standard InChI is InChI=1S/C7H6Cl2N2/c1-10-4-5-2-6(8)11-7(9)3-5/h2-4H,1H3/b10-4+. The van der Waals surface area contributed by atoms with Gasteiger partial charge >= 0.3 is 0 Å². The highest BCUT2D eigenvalue weighted by molar-refractivity contribution is 6.32. The van der Waals surface area contributed by atoms with Gasteiger partial charge in [-0.2, -0.15) is 0 Å². The number of hydrogen-bond acceptors (Lipinski definition) is 2. The summed E-state index contributed by atoms with van der Waals surface area (Å²) in [6.45, 7) is 0. The van der Waals surface area contributed by atoms with Crippen LogP contribution in [0.25, 0.3) is 0 Å².